The van der Waals surface area contributed by atoms with Crippen molar-refractivity contribution in [2.45, 2.75) is 45.1 Å². The summed E-state index contributed by atoms with van der Waals surface area (Å²) in [6.45, 7) is 4.16. The van der Waals surface area contributed by atoms with Crippen LogP contribution < -0.4 is 5.32 Å². The molecule has 1 aromatic heterocycles. The van der Waals surface area contributed by atoms with Gasteiger partial charge < -0.3 is 10.1 Å². The molecule has 0 fully saturated rings. The first kappa shape index (κ1) is 21.0. The van der Waals surface area contributed by atoms with E-state index in [9.17, 15) is 9.59 Å². The Morgan fingerprint density at radius 3 is 2.55 bits per heavy atom. The van der Waals surface area contributed by atoms with Crippen LogP contribution in [0.4, 0.5) is 0 Å². The van der Waals surface area contributed by atoms with E-state index in [1.807, 2.05) is 61.5 Å². The minimum atomic E-state index is -0.798. The van der Waals surface area contributed by atoms with Crippen molar-refractivity contribution in [2.75, 3.05) is 6.54 Å². The maximum atomic E-state index is 12.2. The number of fused-ring (bicyclic) bond motifs is 1. The standard InChI is InChI=1S/C23H26N2O3S/c1-16(18-9-4-3-5-10-18)15-24-23(27)17(2)28-22(26)14-8-13-21-25-19-11-6-7-12-20(19)29-21/h3-7,9-12,16-17H,8,13-15H2,1-2H3,(H,24,27). The number of benzene rings is 2. The van der Waals surface area contributed by atoms with Crippen LogP contribution in [0, 0.1) is 0 Å². The summed E-state index contributed by atoms with van der Waals surface area (Å²) in [6, 6.07) is 18.0. The van der Waals surface area contributed by atoms with Gasteiger partial charge >= 0.3 is 5.97 Å². The molecule has 1 amide bonds. The molecule has 3 aromatic rings. The van der Waals surface area contributed by atoms with E-state index in [2.05, 4.69) is 10.3 Å². The average molecular weight is 411 g/mol. The first-order valence-electron chi connectivity index (χ1n) is 9.89. The molecule has 1 heterocycles. The summed E-state index contributed by atoms with van der Waals surface area (Å²) >= 11 is 1.65. The van der Waals surface area contributed by atoms with Crippen molar-refractivity contribution >= 4 is 33.4 Å². The monoisotopic (exact) mass is 410 g/mol. The number of para-hydroxylation sites is 1. The van der Waals surface area contributed by atoms with Crippen LogP contribution in [0.2, 0.25) is 0 Å². The molecule has 0 radical (unpaired) electrons. The molecule has 5 nitrogen and oxygen atoms in total. The number of rotatable bonds is 9. The van der Waals surface area contributed by atoms with Crippen LogP contribution in [0.25, 0.3) is 10.2 Å². The smallest absolute Gasteiger partial charge is 0.306 e. The van der Waals surface area contributed by atoms with Gasteiger partial charge in [0.15, 0.2) is 6.10 Å². The number of aryl methyl sites for hydroxylation is 1. The van der Waals surface area contributed by atoms with E-state index < -0.39 is 6.10 Å². The molecule has 29 heavy (non-hydrogen) atoms. The van der Waals surface area contributed by atoms with Gasteiger partial charge in [0.1, 0.15) is 0 Å². The van der Waals surface area contributed by atoms with Crippen LogP contribution >= 0.6 is 11.3 Å². The van der Waals surface area contributed by atoms with Crippen molar-refractivity contribution in [1.82, 2.24) is 10.3 Å². The Hall–Kier alpha value is -2.73. The van der Waals surface area contributed by atoms with Gasteiger partial charge in [-0.05, 0) is 43.4 Å². The zero-order chi connectivity index (χ0) is 20.6. The number of ether oxygens (including phenoxy) is 1. The highest BCUT2D eigenvalue weighted by atomic mass is 32.1. The van der Waals surface area contributed by atoms with E-state index in [0.717, 1.165) is 27.2 Å². The van der Waals surface area contributed by atoms with Gasteiger partial charge in [0, 0.05) is 13.0 Å². The van der Waals surface area contributed by atoms with Gasteiger partial charge in [0.25, 0.3) is 5.91 Å². The fourth-order valence-electron chi connectivity index (χ4n) is 3.02. The van der Waals surface area contributed by atoms with Gasteiger partial charge in [-0.3, -0.25) is 9.59 Å². The maximum absolute atomic E-state index is 12.2. The van der Waals surface area contributed by atoms with Crippen molar-refractivity contribution in [2.24, 2.45) is 0 Å². The van der Waals surface area contributed by atoms with E-state index in [0.29, 0.717) is 13.0 Å². The van der Waals surface area contributed by atoms with Crippen molar-refractivity contribution < 1.29 is 14.3 Å². The zero-order valence-electron chi connectivity index (χ0n) is 16.8. The number of nitrogens with zero attached hydrogens (tertiary/aromatic N) is 1. The quantitative estimate of drug-likeness (QED) is 0.529. The fourth-order valence-corrected chi connectivity index (χ4v) is 4.03. The lowest BCUT2D eigenvalue weighted by Crippen LogP contribution is -2.37. The van der Waals surface area contributed by atoms with Gasteiger partial charge in [0.05, 0.1) is 15.2 Å². The number of nitrogens with one attached hydrogen (secondary N) is 1. The largest absolute Gasteiger partial charge is 0.453 e. The Morgan fingerprint density at radius 2 is 1.79 bits per heavy atom. The Morgan fingerprint density at radius 1 is 1.07 bits per heavy atom. The number of thiazole rings is 1. The lowest BCUT2D eigenvalue weighted by atomic mass is 10.0. The molecule has 2 atom stereocenters. The van der Waals surface area contributed by atoms with Crippen LogP contribution in [0.3, 0.4) is 0 Å². The third-order valence-corrected chi connectivity index (χ3v) is 5.83. The number of carbonyl (C=O) groups is 2. The normalized spacial score (nSPS) is 13.0. The molecule has 2 aromatic carbocycles. The molecule has 1 N–H and O–H groups in total. The number of hydrogen-bond acceptors (Lipinski definition) is 5. The molecule has 0 aliphatic rings. The van der Waals surface area contributed by atoms with Crippen LogP contribution in [0.15, 0.2) is 54.6 Å². The summed E-state index contributed by atoms with van der Waals surface area (Å²) < 4.78 is 6.43. The first-order valence-corrected chi connectivity index (χ1v) is 10.7. The van der Waals surface area contributed by atoms with E-state index >= 15 is 0 Å². The fraction of sp³-hybridized carbons (Fsp3) is 0.348. The van der Waals surface area contributed by atoms with Crippen molar-refractivity contribution in [3.05, 3.63) is 65.2 Å². The second-order valence-electron chi connectivity index (χ2n) is 7.12. The van der Waals surface area contributed by atoms with Crippen LogP contribution in [0.1, 0.15) is 43.2 Å². The molecule has 3 rings (SSSR count). The number of aromatic nitrogens is 1. The molecule has 2 unspecified atom stereocenters. The van der Waals surface area contributed by atoms with Crippen LogP contribution in [-0.4, -0.2) is 29.5 Å². The zero-order valence-corrected chi connectivity index (χ0v) is 17.6. The third kappa shape index (κ3) is 6.12. The maximum Gasteiger partial charge on any atom is 0.306 e. The van der Waals surface area contributed by atoms with Crippen LogP contribution in [0.5, 0.6) is 0 Å². The van der Waals surface area contributed by atoms with Gasteiger partial charge in [0.2, 0.25) is 0 Å². The molecule has 0 spiro atoms. The summed E-state index contributed by atoms with van der Waals surface area (Å²) in [7, 11) is 0. The van der Waals surface area contributed by atoms with E-state index in [-0.39, 0.29) is 24.2 Å². The Balaban J connectivity index is 1.37. The molecule has 0 aliphatic carbocycles. The highest BCUT2D eigenvalue weighted by Gasteiger charge is 2.18. The Kier molecular flexibility index (Phi) is 7.36. The van der Waals surface area contributed by atoms with E-state index in [1.165, 1.54) is 0 Å². The van der Waals surface area contributed by atoms with Crippen molar-refractivity contribution in [1.29, 1.82) is 0 Å². The molecule has 6 heteroatoms. The summed E-state index contributed by atoms with van der Waals surface area (Å²) in [4.78, 5) is 28.8. The first-order chi connectivity index (χ1) is 14.0. The van der Waals surface area contributed by atoms with Crippen molar-refractivity contribution in [3.8, 4) is 0 Å². The highest BCUT2D eigenvalue weighted by molar-refractivity contribution is 7.18. The topological polar surface area (TPSA) is 68.3 Å². The van der Waals surface area contributed by atoms with Crippen LogP contribution in [-0.2, 0) is 20.7 Å². The molecular weight excluding hydrogens is 384 g/mol. The minimum absolute atomic E-state index is 0.192. The second kappa shape index (κ2) is 10.2. The summed E-state index contributed by atoms with van der Waals surface area (Å²) in [5.41, 5.74) is 2.15. The summed E-state index contributed by atoms with van der Waals surface area (Å²) in [5.74, 6) is -0.436. The SMILES string of the molecule is CC(OC(=O)CCCc1nc2ccccc2s1)C(=O)NCC(C)c1ccccc1. The molecular formula is C23H26N2O3S. The van der Waals surface area contributed by atoms with E-state index in [4.69, 9.17) is 4.74 Å². The summed E-state index contributed by atoms with van der Waals surface area (Å²) in [6.07, 6.45) is 0.850. The van der Waals surface area contributed by atoms with Gasteiger partial charge in [-0.1, -0.05) is 49.4 Å². The lowest BCUT2D eigenvalue weighted by molar-refractivity contribution is -0.154. The Bertz CT molecular complexity index is 922. The summed E-state index contributed by atoms with van der Waals surface area (Å²) in [5, 5.41) is 3.87. The molecule has 0 aliphatic heterocycles. The second-order valence-corrected chi connectivity index (χ2v) is 8.23. The lowest BCUT2D eigenvalue weighted by Gasteiger charge is -2.16. The average Bonchev–Trinajstić information content (AvgIpc) is 3.15. The van der Waals surface area contributed by atoms with Gasteiger partial charge in [-0.15, -0.1) is 11.3 Å². The Labute approximate surface area is 175 Å². The highest BCUT2D eigenvalue weighted by Crippen LogP contribution is 2.22. The number of amides is 1. The molecule has 152 valence electrons. The molecule has 0 bridgehead atoms. The van der Waals surface area contributed by atoms with Crippen molar-refractivity contribution in [3.63, 3.8) is 0 Å². The number of carbonyl (C=O) groups excluding carboxylic acids is 2. The molecule has 0 saturated heterocycles. The molecule has 0 saturated carbocycles. The van der Waals surface area contributed by atoms with E-state index in [1.54, 1.807) is 18.3 Å². The van der Waals surface area contributed by atoms with Gasteiger partial charge in [-0.25, -0.2) is 4.98 Å². The predicted molar refractivity (Wildman–Crippen MR) is 116 cm³/mol. The number of esters is 1. The van der Waals surface area contributed by atoms with Gasteiger partial charge in [-0.2, -0.15) is 0 Å². The minimum Gasteiger partial charge on any atom is -0.453 e. The number of hydrogen-bond donors (Lipinski definition) is 1. The predicted octanol–water partition coefficient (Wildman–Crippen LogP) is 4.47. The third-order valence-electron chi connectivity index (χ3n) is 4.74.